The van der Waals surface area contributed by atoms with Crippen molar-refractivity contribution in [3.05, 3.63) is 51.5 Å². The number of halogens is 1. The van der Waals surface area contributed by atoms with Crippen molar-refractivity contribution < 1.29 is 0 Å². The van der Waals surface area contributed by atoms with Gasteiger partial charge in [-0.15, -0.1) is 35.3 Å². The second kappa shape index (κ2) is 12.6. The fourth-order valence-electron chi connectivity index (χ4n) is 3.82. The normalized spacial score (nSPS) is 15.7. The molecule has 1 aromatic carbocycles. The molecule has 0 unspecified atom stereocenters. The number of rotatable bonds is 7. The number of likely N-dealkylation sites (tertiary alicyclic amines) is 1. The minimum Gasteiger partial charge on any atom is -0.356 e. The Morgan fingerprint density at radius 3 is 2.57 bits per heavy atom. The van der Waals surface area contributed by atoms with Crippen LogP contribution in [0.1, 0.15) is 41.6 Å². The van der Waals surface area contributed by atoms with E-state index in [0.717, 1.165) is 45.1 Å². The van der Waals surface area contributed by atoms with E-state index < -0.39 is 0 Å². The Balaban J connectivity index is 0.00000320. The predicted octanol–water partition coefficient (Wildman–Crippen LogP) is 4.55. The molecule has 2 heterocycles. The molecular weight excluding hydrogens is 505 g/mol. The van der Waals surface area contributed by atoms with Crippen LogP contribution in [0.15, 0.2) is 34.6 Å². The van der Waals surface area contributed by atoms with E-state index in [1.54, 1.807) is 11.3 Å². The first kappa shape index (κ1) is 25.1. The van der Waals surface area contributed by atoms with Crippen molar-refractivity contribution >= 4 is 41.3 Å². The fraction of sp³-hybridized carbons (Fsp3) is 0.565. The van der Waals surface area contributed by atoms with Gasteiger partial charge in [-0.25, -0.2) is 4.98 Å². The van der Waals surface area contributed by atoms with Gasteiger partial charge >= 0.3 is 0 Å². The maximum absolute atomic E-state index is 4.71. The molecule has 1 aliphatic rings. The molecule has 0 spiro atoms. The number of aromatic nitrogens is 1. The molecule has 1 N–H and O–H groups in total. The SMILES string of the molecule is CCc1nc(CN2CCC(CNC(=NC)N(C)Cc3ccc(C)cc3)CC2)cs1.I. The van der Waals surface area contributed by atoms with Crippen LogP contribution in [0.25, 0.3) is 0 Å². The molecular formula is C23H36IN5S. The zero-order valence-corrected chi connectivity index (χ0v) is 21.9. The standard InChI is InChI=1S/C23H35N5S.HI/c1-5-22-26-21(17-29-22)16-28-12-10-19(11-13-28)14-25-23(24-3)27(4)15-20-8-6-18(2)7-9-20;/h6-9,17,19H,5,10-16H2,1-4H3,(H,24,25);1H. The van der Waals surface area contributed by atoms with Crippen molar-refractivity contribution in [3.8, 4) is 0 Å². The Hall–Kier alpha value is -1.19. The first-order chi connectivity index (χ1) is 14.1. The summed E-state index contributed by atoms with van der Waals surface area (Å²) in [6.07, 6.45) is 3.50. The maximum Gasteiger partial charge on any atom is 0.193 e. The van der Waals surface area contributed by atoms with E-state index in [1.807, 2.05) is 7.05 Å². The highest BCUT2D eigenvalue weighted by molar-refractivity contribution is 14.0. The molecule has 1 saturated heterocycles. The van der Waals surface area contributed by atoms with E-state index in [-0.39, 0.29) is 24.0 Å². The van der Waals surface area contributed by atoms with E-state index >= 15 is 0 Å². The van der Waals surface area contributed by atoms with Gasteiger partial charge < -0.3 is 10.2 Å². The minimum atomic E-state index is 0. The average molecular weight is 542 g/mol. The molecule has 7 heteroatoms. The predicted molar refractivity (Wildman–Crippen MR) is 139 cm³/mol. The van der Waals surface area contributed by atoms with Gasteiger partial charge in [-0.1, -0.05) is 36.8 Å². The van der Waals surface area contributed by atoms with Crippen LogP contribution in [-0.2, 0) is 19.5 Å². The van der Waals surface area contributed by atoms with Crippen LogP contribution in [0.3, 0.4) is 0 Å². The van der Waals surface area contributed by atoms with E-state index in [0.29, 0.717) is 5.92 Å². The van der Waals surface area contributed by atoms with Crippen LogP contribution in [0.2, 0.25) is 0 Å². The monoisotopic (exact) mass is 541 g/mol. The number of hydrogen-bond donors (Lipinski definition) is 1. The Bertz CT molecular complexity index is 781. The first-order valence-electron chi connectivity index (χ1n) is 10.7. The molecule has 166 valence electrons. The molecule has 1 aromatic heterocycles. The third-order valence-electron chi connectivity index (χ3n) is 5.66. The first-order valence-corrected chi connectivity index (χ1v) is 11.6. The third kappa shape index (κ3) is 7.50. The lowest BCUT2D eigenvalue weighted by atomic mass is 9.97. The summed E-state index contributed by atoms with van der Waals surface area (Å²) >= 11 is 1.79. The fourth-order valence-corrected chi connectivity index (χ4v) is 4.56. The molecule has 0 saturated carbocycles. The highest BCUT2D eigenvalue weighted by atomic mass is 127. The lowest BCUT2D eigenvalue weighted by Gasteiger charge is -2.32. The molecule has 0 bridgehead atoms. The van der Waals surface area contributed by atoms with Crippen molar-refractivity contribution in [2.24, 2.45) is 10.9 Å². The number of benzene rings is 1. The van der Waals surface area contributed by atoms with E-state index in [1.165, 1.54) is 34.7 Å². The molecule has 0 amide bonds. The summed E-state index contributed by atoms with van der Waals surface area (Å²) in [5, 5.41) is 7.07. The van der Waals surface area contributed by atoms with Crippen LogP contribution >= 0.6 is 35.3 Å². The van der Waals surface area contributed by atoms with Crippen LogP contribution < -0.4 is 5.32 Å². The van der Waals surface area contributed by atoms with Gasteiger partial charge in [0.15, 0.2) is 5.96 Å². The quantitative estimate of drug-likeness (QED) is 0.318. The smallest absolute Gasteiger partial charge is 0.193 e. The minimum absolute atomic E-state index is 0. The van der Waals surface area contributed by atoms with Gasteiger partial charge in [0.1, 0.15) is 0 Å². The van der Waals surface area contributed by atoms with Gasteiger partial charge in [0.05, 0.1) is 10.7 Å². The number of thiazole rings is 1. The zero-order chi connectivity index (χ0) is 20.6. The van der Waals surface area contributed by atoms with Crippen molar-refractivity contribution in [3.63, 3.8) is 0 Å². The number of piperidine rings is 1. The molecule has 3 rings (SSSR count). The number of hydrogen-bond acceptors (Lipinski definition) is 4. The van der Waals surface area contributed by atoms with Gasteiger partial charge in [-0.2, -0.15) is 0 Å². The summed E-state index contributed by atoms with van der Waals surface area (Å²) in [4.78, 5) is 13.9. The van der Waals surface area contributed by atoms with Crippen molar-refractivity contribution in [2.75, 3.05) is 33.7 Å². The molecule has 2 aromatic rings. The van der Waals surface area contributed by atoms with Crippen molar-refractivity contribution in [2.45, 2.75) is 46.2 Å². The van der Waals surface area contributed by atoms with E-state index in [9.17, 15) is 0 Å². The highest BCUT2D eigenvalue weighted by Crippen LogP contribution is 2.19. The number of aliphatic imine (C=N–C) groups is 1. The molecule has 0 radical (unpaired) electrons. The van der Waals surface area contributed by atoms with Crippen molar-refractivity contribution in [1.29, 1.82) is 0 Å². The zero-order valence-electron chi connectivity index (χ0n) is 18.7. The number of nitrogens with zero attached hydrogens (tertiary/aromatic N) is 4. The van der Waals surface area contributed by atoms with E-state index in [2.05, 4.69) is 70.6 Å². The highest BCUT2D eigenvalue weighted by Gasteiger charge is 2.20. The molecule has 30 heavy (non-hydrogen) atoms. The summed E-state index contributed by atoms with van der Waals surface area (Å²) in [5.74, 6) is 1.68. The summed E-state index contributed by atoms with van der Waals surface area (Å²) in [7, 11) is 3.98. The van der Waals surface area contributed by atoms with Crippen LogP contribution in [-0.4, -0.2) is 54.5 Å². The van der Waals surface area contributed by atoms with Gasteiger partial charge in [-0.05, 0) is 50.8 Å². The molecule has 5 nitrogen and oxygen atoms in total. The van der Waals surface area contributed by atoms with Crippen LogP contribution in [0.4, 0.5) is 0 Å². The number of guanidine groups is 1. The lowest BCUT2D eigenvalue weighted by molar-refractivity contribution is 0.176. The molecule has 0 aliphatic carbocycles. The Morgan fingerprint density at radius 2 is 1.97 bits per heavy atom. The summed E-state index contributed by atoms with van der Waals surface area (Å²) < 4.78 is 0. The largest absolute Gasteiger partial charge is 0.356 e. The number of nitrogens with one attached hydrogen (secondary N) is 1. The van der Waals surface area contributed by atoms with Crippen molar-refractivity contribution in [1.82, 2.24) is 20.1 Å². The molecule has 0 atom stereocenters. The molecule has 1 fully saturated rings. The second-order valence-corrected chi connectivity index (χ2v) is 9.02. The van der Waals surface area contributed by atoms with Gasteiger partial charge in [0.2, 0.25) is 0 Å². The summed E-state index contributed by atoms with van der Waals surface area (Å²) in [6, 6.07) is 8.73. The van der Waals surface area contributed by atoms with Gasteiger partial charge in [0.25, 0.3) is 0 Å². The Kier molecular flexibility index (Phi) is 10.5. The maximum atomic E-state index is 4.71. The van der Waals surface area contributed by atoms with E-state index in [4.69, 9.17) is 4.98 Å². The summed E-state index contributed by atoms with van der Waals surface area (Å²) in [6.45, 7) is 9.47. The van der Waals surface area contributed by atoms with Gasteiger partial charge in [0, 0.05) is 39.1 Å². The lowest BCUT2D eigenvalue weighted by Crippen LogP contribution is -2.43. The Morgan fingerprint density at radius 1 is 1.27 bits per heavy atom. The number of aryl methyl sites for hydroxylation is 2. The molecule has 1 aliphatic heterocycles. The third-order valence-corrected chi connectivity index (χ3v) is 6.70. The van der Waals surface area contributed by atoms with Gasteiger partial charge in [-0.3, -0.25) is 9.89 Å². The second-order valence-electron chi connectivity index (χ2n) is 8.08. The topological polar surface area (TPSA) is 43.8 Å². The summed E-state index contributed by atoms with van der Waals surface area (Å²) in [5.41, 5.74) is 3.84. The Labute approximate surface area is 203 Å². The average Bonchev–Trinajstić information content (AvgIpc) is 3.19. The van der Waals surface area contributed by atoms with Crippen LogP contribution in [0.5, 0.6) is 0 Å². The van der Waals surface area contributed by atoms with Crippen LogP contribution in [0, 0.1) is 12.8 Å².